The van der Waals surface area contributed by atoms with Crippen LogP contribution < -0.4 is 9.64 Å². The molecule has 0 radical (unpaired) electrons. The number of methoxy groups -OCH3 is 1. The normalized spacial score (nSPS) is 10.5. The van der Waals surface area contributed by atoms with Crippen molar-refractivity contribution in [3.8, 4) is 5.75 Å². The van der Waals surface area contributed by atoms with Gasteiger partial charge in [-0.1, -0.05) is 0 Å². The van der Waals surface area contributed by atoms with Gasteiger partial charge in [0.1, 0.15) is 12.5 Å². The first kappa shape index (κ1) is 11.9. The number of anilines is 1. The highest BCUT2D eigenvalue weighted by atomic mass is 16.5. The lowest BCUT2D eigenvalue weighted by Crippen LogP contribution is -2.19. The third-order valence-corrected chi connectivity index (χ3v) is 1.97. The lowest BCUT2D eigenvalue weighted by Gasteiger charge is -2.18. The SMILES string of the molecule is COCN(C)c1ccc(OC(C)C)cc1. The van der Waals surface area contributed by atoms with Gasteiger partial charge >= 0.3 is 0 Å². The molecular formula is C12H19NO2. The van der Waals surface area contributed by atoms with Crippen LogP contribution in [0.2, 0.25) is 0 Å². The van der Waals surface area contributed by atoms with Crippen molar-refractivity contribution in [3.05, 3.63) is 24.3 Å². The van der Waals surface area contributed by atoms with E-state index in [2.05, 4.69) is 0 Å². The molecule has 0 saturated carbocycles. The van der Waals surface area contributed by atoms with E-state index in [1.807, 2.05) is 50.1 Å². The fourth-order valence-electron chi connectivity index (χ4n) is 1.32. The van der Waals surface area contributed by atoms with Crippen LogP contribution >= 0.6 is 0 Å². The van der Waals surface area contributed by atoms with Crippen molar-refractivity contribution >= 4 is 5.69 Å². The average molecular weight is 209 g/mol. The fourth-order valence-corrected chi connectivity index (χ4v) is 1.32. The zero-order valence-corrected chi connectivity index (χ0v) is 9.86. The van der Waals surface area contributed by atoms with Crippen molar-refractivity contribution in [2.75, 3.05) is 25.8 Å². The van der Waals surface area contributed by atoms with Crippen LogP contribution in [0.1, 0.15) is 13.8 Å². The smallest absolute Gasteiger partial charge is 0.119 e. The van der Waals surface area contributed by atoms with E-state index < -0.39 is 0 Å². The highest BCUT2D eigenvalue weighted by Gasteiger charge is 2.01. The Labute approximate surface area is 91.6 Å². The molecule has 0 atom stereocenters. The van der Waals surface area contributed by atoms with E-state index >= 15 is 0 Å². The summed E-state index contributed by atoms with van der Waals surface area (Å²) < 4.78 is 10.6. The molecule has 1 aromatic rings. The monoisotopic (exact) mass is 209 g/mol. The molecule has 0 heterocycles. The fraction of sp³-hybridized carbons (Fsp3) is 0.500. The summed E-state index contributed by atoms with van der Waals surface area (Å²) >= 11 is 0. The molecule has 0 aromatic heterocycles. The molecule has 3 heteroatoms. The maximum Gasteiger partial charge on any atom is 0.119 e. The van der Waals surface area contributed by atoms with Gasteiger partial charge in [-0.2, -0.15) is 0 Å². The van der Waals surface area contributed by atoms with Crippen molar-refractivity contribution in [2.24, 2.45) is 0 Å². The third kappa shape index (κ3) is 3.80. The molecule has 1 rings (SSSR count). The Hall–Kier alpha value is -1.22. The van der Waals surface area contributed by atoms with E-state index in [9.17, 15) is 0 Å². The second kappa shape index (κ2) is 5.61. The number of hydrogen-bond acceptors (Lipinski definition) is 3. The summed E-state index contributed by atoms with van der Waals surface area (Å²) in [4.78, 5) is 2.03. The van der Waals surface area contributed by atoms with Gasteiger partial charge in [-0.05, 0) is 38.1 Å². The molecule has 0 aliphatic heterocycles. The Morgan fingerprint density at radius 2 is 1.80 bits per heavy atom. The summed E-state index contributed by atoms with van der Waals surface area (Å²) in [6.07, 6.45) is 0.215. The third-order valence-electron chi connectivity index (χ3n) is 1.97. The lowest BCUT2D eigenvalue weighted by atomic mass is 10.3. The van der Waals surface area contributed by atoms with E-state index in [4.69, 9.17) is 9.47 Å². The minimum atomic E-state index is 0.215. The highest BCUT2D eigenvalue weighted by Crippen LogP contribution is 2.19. The van der Waals surface area contributed by atoms with Crippen LogP contribution in [0.25, 0.3) is 0 Å². The summed E-state index contributed by atoms with van der Waals surface area (Å²) in [5.74, 6) is 0.902. The van der Waals surface area contributed by atoms with Crippen molar-refractivity contribution in [3.63, 3.8) is 0 Å². The first-order valence-corrected chi connectivity index (χ1v) is 5.10. The second-order valence-electron chi connectivity index (χ2n) is 3.78. The summed E-state index contributed by atoms with van der Waals surface area (Å²) in [6, 6.07) is 8.00. The highest BCUT2D eigenvalue weighted by molar-refractivity contribution is 5.47. The molecule has 0 aliphatic carbocycles. The topological polar surface area (TPSA) is 21.7 Å². The predicted octanol–water partition coefficient (Wildman–Crippen LogP) is 2.51. The Bertz CT molecular complexity index is 282. The van der Waals surface area contributed by atoms with Crippen LogP contribution in [0.5, 0.6) is 5.75 Å². The molecule has 15 heavy (non-hydrogen) atoms. The van der Waals surface area contributed by atoms with Gasteiger partial charge in [-0.3, -0.25) is 0 Å². The van der Waals surface area contributed by atoms with Crippen molar-refractivity contribution in [2.45, 2.75) is 20.0 Å². The van der Waals surface area contributed by atoms with Crippen LogP contribution in [0, 0.1) is 0 Å². The molecule has 0 saturated heterocycles. The lowest BCUT2D eigenvalue weighted by molar-refractivity contribution is 0.202. The van der Waals surface area contributed by atoms with Gasteiger partial charge in [0.25, 0.3) is 0 Å². The zero-order valence-electron chi connectivity index (χ0n) is 9.86. The van der Waals surface area contributed by atoms with Gasteiger partial charge in [-0.15, -0.1) is 0 Å². The van der Waals surface area contributed by atoms with Gasteiger partial charge < -0.3 is 14.4 Å². The molecule has 0 aliphatic rings. The van der Waals surface area contributed by atoms with Gasteiger partial charge in [-0.25, -0.2) is 0 Å². The van der Waals surface area contributed by atoms with Crippen LogP contribution in [0.15, 0.2) is 24.3 Å². The molecule has 3 nitrogen and oxygen atoms in total. The van der Waals surface area contributed by atoms with Crippen LogP contribution in [0.3, 0.4) is 0 Å². The molecule has 0 bridgehead atoms. The molecule has 84 valence electrons. The second-order valence-corrected chi connectivity index (χ2v) is 3.78. The molecular weight excluding hydrogens is 190 g/mol. The number of rotatable bonds is 5. The summed E-state index contributed by atoms with van der Waals surface area (Å²) in [5, 5.41) is 0. The Kier molecular flexibility index (Phi) is 4.43. The minimum absolute atomic E-state index is 0.215. The van der Waals surface area contributed by atoms with Gasteiger partial charge in [0.05, 0.1) is 6.10 Å². The molecule has 0 fully saturated rings. The minimum Gasteiger partial charge on any atom is -0.491 e. The molecule has 0 spiro atoms. The maximum atomic E-state index is 5.56. The van der Waals surface area contributed by atoms with Crippen molar-refractivity contribution in [1.29, 1.82) is 0 Å². The standard InChI is InChI=1S/C12H19NO2/c1-10(2)15-12-7-5-11(6-8-12)13(3)9-14-4/h5-8,10H,9H2,1-4H3. The molecule has 0 amide bonds. The maximum absolute atomic E-state index is 5.56. The Morgan fingerprint density at radius 1 is 1.20 bits per heavy atom. The number of ether oxygens (including phenoxy) is 2. The van der Waals surface area contributed by atoms with Gasteiger partial charge in [0.2, 0.25) is 0 Å². The van der Waals surface area contributed by atoms with Crippen LogP contribution in [0.4, 0.5) is 5.69 Å². The molecule has 0 N–H and O–H groups in total. The summed E-state index contributed by atoms with van der Waals surface area (Å²) in [6.45, 7) is 4.63. The first-order chi connectivity index (χ1) is 7.13. The predicted molar refractivity (Wildman–Crippen MR) is 62.5 cm³/mol. The number of hydrogen-bond donors (Lipinski definition) is 0. The molecule has 0 unspecified atom stereocenters. The number of benzene rings is 1. The Morgan fingerprint density at radius 3 is 2.27 bits per heavy atom. The quantitative estimate of drug-likeness (QED) is 0.695. The van der Waals surface area contributed by atoms with Gasteiger partial charge in [0, 0.05) is 19.8 Å². The number of nitrogens with zero attached hydrogens (tertiary/aromatic N) is 1. The van der Waals surface area contributed by atoms with E-state index in [0.717, 1.165) is 11.4 Å². The van der Waals surface area contributed by atoms with E-state index in [-0.39, 0.29) is 6.10 Å². The summed E-state index contributed by atoms with van der Waals surface area (Å²) in [7, 11) is 3.68. The van der Waals surface area contributed by atoms with E-state index in [1.54, 1.807) is 7.11 Å². The van der Waals surface area contributed by atoms with E-state index in [1.165, 1.54) is 0 Å². The van der Waals surface area contributed by atoms with Crippen molar-refractivity contribution < 1.29 is 9.47 Å². The van der Waals surface area contributed by atoms with Crippen molar-refractivity contribution in [1.82, 2.24) is 0 Å². The molecule has 1 aromatic carbocycles. The zero-order chi connectivity index (χ0) is 11.3. The summed E-state index contributed by atoms with van der Waals surface area (Å²) in [5.41, 5.74) is 1.12. The largest absolute Gasteiger partial charge is 0.491 e. The Balaban J connectivity index is 2.63. The van der Waals surface area contributed by atoms with E-state index in [0.29, 0.717) is 6.73 Å². The van der Waals surface area contributed by atoms with Crippen LogP contribution in [-0.2, 0) is 4.74 Å². The average Bonchev–Trinajstić information content (AvgIpc) is 2.18. The van der Waals surface area contributed by atoms with Crippen LogP contribution in [-0.4, -0.2) is 27.0 Å². The first-order valence-electron chi connectivity index (χ1n) is 5.10. The van der Waals surface area contributed by atoms with Gasteiger partial charge in [0.15, 0.2) is 0 Å².